The van der Waals surface area contributed by atoms with E-state index < -0.39 is 5.60 Å². The first-order chi connectivity index (χ1) is 12.0. The van der Waals surface area contributed by atoms with Crippen LogP contribution >= 0.6 is 0 Å². The fourth-order valence-corrected chi connectivity index (χ4v) is 3.24. The van der Waals surface area contributed by atoms with E-state index in [1.54, 1.807) is 0 Å². The van der Waals surface area contributed by atoms with Gasteiger partial charge in [-0.25, -0.2) is 4.79 Å². The lowest BCUT2D eigenvalue weighted by molar-refractivity contribution is 0.0287. The van der Waals surface area contributed by atoms with Crippen LogP contribution in [-0.2, 0) is 10.2 Å². The van der Waals surface area contributed by atoms with E-state index in [9.17, 15) is 4.79 Å². The van der Waals surface area contributed by atoms with E-state index in [-0.39, 0.29) is 17.6 Å². The standard InChI is InChI=1S/C21H35N3O2/c1-20(2,3)16-9-11-23-18(13-16)17(22)8-7-15-10-12-24(14-15)19(25)26-21(4,5)6/h9,11,13,15,17H,7-8,10,12,14,22H2,1-6H3/t15-,17?/m0/s1. The van der Waals surface area contributed by atoms with E-state index in [2.05, 4.69) is 37.9 Å². The van der Waals surface area contributed by atoms with Crippen molar-refractivity contribution in [1.29, 1.82) is 0 Å². The molecule has 1 aliphatic heterocycles. The normalized spacial score (nSPS) is 19.5. The first-order valence-corrected chi connectivity index (χ1v) is 9.65. The molecule has 0 radical (unpaired) electrons. The molecule has 0 bridgehead atoms. The topological polar surface area (TPSA) is 68.5 Å². The third-order valence-corrected chi connectivity index (χ3v) is 4.85. The molecule has 2 heterocycles. The van der Waals surface area contributed by atoms with Crippen LogP contribution in [0.5, 0.6) is 0 Å². The van der Waals surface area contributed by atoms with Crippen molar-refractivity contribution >= 4 is 6.09 Å². The minimum absolute atomic E-state index is 0.0622. The molecule has 26 heavy (non-hydrogen) atoms. The highest BCUT2D eigenvalue weighted by molar-refractivity contribution is 5.68. The maximum atomic E-state index is 12.2. The van der Waals surface area contributed by atoms with E-state index >= 15 is 0 Å². The number of carbonyl (C=O) groups excluding carboxylic acids is 1. The van der Waals surface area contributed by atoms with Gasteiger partial charge < -0.3 is 15.4 Å². The van der Waals surface area contributed by atoms with Crippen LogP contribution < -0.4 is 5.73 Å². The molecule has 2 atom stereocenters. The second-order valence-electron chi connectivity index (χ2n) is 9.48. The van der Waals surface area contributed by atoms with Gasteiger partial charge in [-0.05, 0) is 69.1 Å². The predicted octanol–water partition coefficient (Wildman–Crippen LogP) is 4.42. The van der Waals surface area contributed by atoms with Gasteiger partial charge >= 0.3 is 6.09 Å². The van der Waals surface area contributed by atoms with Gasteiger partial charge in [0.1, 0.15) is 5.60 Å². The summed E-state index contributed by atoms with van der Waals surface area (Å²) in [5.41, 5.74) is 8.26. The fraction of sp³-hybridized carbons (Fsp3) is 0.714. The van der Waals surface area contributed by atoms with E-state index in [1.165, 1.54) is 5.56 Å². The maximum Gasteiger partial charge on any atom is 0.410 e. The van der Waals surface area contributed by atoms with E-state index in [0.717, 1.165) is 38.0 Å². The number of pyridine rings is 1. The molecule has 1 fully saturated rings. The molecule has 146 valence electrons. The summed E-state index contributed by atoms with van der Waals surface area (Å²) in [6, 6.07) is 4.13. The summed E-state index contributed by atoms with van der Waals surface area (Å²) in [4.78, 5) is 18.5. The molecule has 1 saturated heterocycles. The van der Waals surface area contributed by atoms with Crippen LogP contribution in [0.15, 0.2) is 18.3 Å². The minimum Gasteiger partial charge on any atom is -0.444 e. The van der Waals surface area contributed by atoms with Gasteiger partial charge in [0.25, 0.3) is 0 Å². The monoisotopic (exact) mass is 361 g/mol. The molecule has 1 amide bonds. The average Bonchev–Trinajstić information content (AvgIpc) is 2.99. The quantitative estimate of drug-likeness (QED) is 0.862. The van der Waals surface area contributed by atoms with Crippen molar-refractivity contribution in [3.63, 3.8) is 0 Å². The summed E-state index contributed by atoms with van der Waals surface area (Å²) in [5, 5.41) is 0. The smallest absolute Gasteiger partial charge is 0.410 e. The van der Waals surface area contributed by atoms with Crippen molar-refractivity contribution in [3.05, 3.63) is 29.6 Å². The van der Waals surface area contributed by atoms with Crippen LogP contribution in [0.3, 0.4) is 0 Å². The molecular formula is C21H35N3O2. The zero-order chi connectivity index (χ0) is 19.5. The van der Waals surface area contributed by atoms with Crippen LogP contribution in [-0.4, -0.2) is 34.7 Å². The van der Waals surface area contributed by atoms with E-state index in [0.29, 0.717) is 5.92 Å². The summed E-state index contributed by atoms with van der Waals surface area (Å²) in [5.74, 6) is 0.486. The highest BCUT2D eigenvalue weighted by atomic mass is 16.6. The van der Waals surface area contributed by atoms with Crippen LogP contribution in [0, 0.1) is 5.92 Å². The number of ether oxygens (including phenoxy) is 1. The highest BCUT2D eigenvalue weighted by Gasteiger charge is 2.30. The number of aromatic nitrogens is 1. The second kappa shape index (κ2) is 7.95. The van der Waals surface area contributed by atoms with Crippen molar-refractivity contribution in [3.8, 4) is 0 Å². The lowest BCUT2D eigenvalue weighted by Crippen LogP contribution is -2.35. The highest BCUT2D eigenvalue weighted by Crippen LogP contribution is 2.28. The van der Waals surface area contributed by atoms with Gasteiger partial charge in [0.2, 0.25) is 0 Å². The van der Waals surface area contributed by atoms with Crippen LogP contribution in [0.1, 0.15) is 78.1 Å². The Labute approximate surface area is 158 Å². The molecule has 5 nitrogen and oxygen atoms in total. The van der Waals surface area contributed by atoms with Crippen LogP contribution in [0.25, 0.3) is 0 Å². The maximum absolute atomic E-state index is 12.2. The number of rotatable bonds is 4. The zero-order valence-corrected chi connectivity index (χ0v) is 17.2. The van der Waals surface area contributed by atoms with Crippen LogP contribution in [0.2, 0.25) is 0 Å². The van der Waals surface area contributed by atoms with Crippen molar-refractivity contribution < 1.29 is 9.53 Å². The summed E-state index contributed by atoms with van der Waals surface area (Å²) in [6.45, 7) is 13.8. The molecule has 1 aliphatic rings. The Morgan fingerprint density at radius 2 is 2.04 bits per heavy atom. The summed E-state index contributed by atoms with van der Waals surface area (Å²) in [7, 11) is 0. The van der Waals surface area contributed by atoms with Gasteiger partial charge in [0.15, 0.2) is 0 Å². The van der Waals surface area contributed by atoms with Crippen molar-refractivity contribution in [2.24, 2.45) is 11.7 Å². The largest absolute Gasteiger partial charge is 0.444 e. The number of nitrogens with zero attached hydrogens (tertiary/aromatic N) is 2. The Bertz CT molecular complexity index is 616. The Hall–Kier alpha value is -1.62. The summed E-state index contributed by atoms with van der Waals surface area (Å²) < 4.78 is 5.46. The minimum atomic E-state index is -0.443. The first kappa shape index (κ1) is 20.7. The molecule has 0 spiro atoms. The lowest BCUT2D eigenvalue weighted by Gasteiger charge is -2.24. The van der Waals surface area contributed by atoms with Gasteiger partial charge in [-0.15, -0.1) is 0 Å². The molecule has 1 aromatic rings. The Morgan fingerprint density at radius 3 is 2.65 bits per heavy atom. The third kappa shape index (κ3) is 5.97. The predicted molar refractivity (Wildman–Crippen MR) is 105 cm³/mol. The molecule has 2 N–H and O–H groups in total. The van der Waals surface area contributed by atoms with Gasteiger partial charge in [-0.2, -0.15) is 0 Å². The SMILES string of the molecule is CC(C)(C)OC(=O)N1CC[C@H](CCC(N)c2cc(C(C)(C)C)ccn2)C1. The number of amides is 1. The van der Waals surface area contributed by atoms with Crippen molar-refractivity contribution in [2.75, 3.05) is 13.1 Å². The number of hydrogen-bond donors (Lipinski definition) is 1. The second-order valence-corrected chi connectivity index (χ2v) is 9.48. The van der Waals surface area contributed by atoms with Gasteiger partial charge in [-0.3, -0.25) is 4.98 Å². The lowest BCUT2D eigenvalue weighted by atomic mass is 9.86. The number of carbonyl (C=O) groups is 1. The number of likely N-dealkylation sites (tertiary alicyclic amines) is 1. The summed E-state index contributed by atoms with van der Waals surface area (Å²) in [6.07, 6.45) is 4.55. The molecular weight excluding hydrogens is 326 g/mol. The Balaban J connectivity index is 1.85. The van der Waals surface area contributed by atoms with Gasteiger partial charge in [-0.1, -0.05) is 20.8 Å². The Kier molecular flexibility index (Phi) is 6.33. The molecule has 1 aromatic heterocycles. The molecule has 5 heteroatoms. The molecule has 2 rings (SSSR count). The first-order valence-electron chi connectivity index (χ1n) is 9.65. The van der Waals surface area contributed by atoms with Crippen molar-refractivity contribution in [2.45, 2.75) is 77.9 Å². The van der Waals surface area contributed by atoms with Crippen molar-refractivity contribution in [1.82, 2.24) is 9.88 Å². The van der Waals surface area contributed by atoms with E-state index in [1.807, 2.05) is 31.9 Å². The van der Waals surface area contributed by atoms with Gasteiger partial charge in [0.05, 0.1) is 5.69 Å². The molecule has 0 saturated carbocycles. The molecule has 0 aromatic carbocycles. The number of hydrogen-bond acceptors (Lipinski definition) is 4. The van der Waals surface area contributed by atoms with Gasteiger partial charge in [0, 0.05) is 25.3 Å². The van der Waals surface area contributed by atoms with Crippen LogP contribution in [0.4, 0.5) is 4.79 Å². The fourth-order valence-electron chi connectivity index (χ4n) is 3.24. The van der Waals surface area contributed by atoms with E-state index in [4.69, 9.17) is 10.5 Å². The Morgan fingerprint density at radius 1 is 1.35 bits per heavy atom. The zero-order valence-electron chi connectivity index (χ0n) is 17.2. The molecule has 1 unspecified atom stereocenters. The molecule has 0 aliphatic carbocycles. The summed E-state index contributed by atoms with van der Waals surface area (Å²) >= 11 is 0. The average molecular weight is 362 g/mol. The number of nitrogens with two attached hydrogens (primary N) is 1. The third-order valence-electron chi connectivity index (χ3n) is 4.85.